The van der Waals surface area contributed by atoms with Gasteiger partial charge in [0.25, 0.3) is 0 Å². The van der Waals surface area contributed by atoms with Crippen molar-refractivity contribution in [3.05, 3.63) is 69.8 Å². The molecule has 0 saturated carbocycles. The van der Waals surface area contributed by atoms with Crippen molar-refractivity contribution in [2.75, 3.05) is 0 Å². The number of aryl methyl sites for hydroxylation is 2. The van der Waals surface area contributed by atoms with Crippen molar-refractivity contribution in [2.45, 2.75) is 105 Å². The van der Waals surface area contributed by atoms with Crippen molar-refractivity contribution in [3.8, 4) is 0 Å². The van der Waals surface area contributed by atoms with E-state index >= 15 is 0 Å². The first-order valence-electron chi connectivity index (χ1n) is 12.0. The van der Waals surface area contributed by atoms with Gasteiger partial charge >= 0.3 is 0 Å². The van der Waals surface area contributed by atoms with Gasteiger partial charge in [0.2, 0.25) is 0 Å². The topological polar surface area (TPSA) is 17.1 Å². The van der Waals surface area contributed by atoms with Crippen LogP contribution in [0.4, 0.5) is 0 Å². The number of benzene rings is 2. The predicted octanol–water partition coefficient (Wildman–Crippen LogP) is 8.47. The lowest BCUT2D eigenvalue weighted by Crippen LogP contribution is -2.25. The SMILES string of the molecule is CCC(CC)(CC)c1cc(C(=O)c2ccc(C)c(C(CC)(CC)CC)c2)ccc1C. The van der Waals surface area contributed by atoms with Crippen molar-refractivity contribution in [2.24, 2.45) is 0 Å². The van der Waals surface area contributed by atoms with Gasteiger partial charge in [-0.15, -0.1) is 0 Å². The van der Waals surface area contributed by atoms with Crippen molar-refractivity contribution in [1.29, 1.82) is 0 Å². The second-order valence-electron chi connectivity index (χ2n) is 9.07. The van der Waals surface area contributed by atoms with Gasteiger partial charge in [-0.1, -0.05) is 65.8 Å². The quantitative estimate of drug-likeness (QED) is 0.362. The third kappa shape index (κ3) is 4.27. The lowest BCUT2D eigenvalue weighted by Gasteiger charge is -2.33. The Morgan fingerprint density at radius 2 is 0.900 bits per heavy atom. The Labute approximate surface area is 185 Å². The monoisotopic (exact) mass is 406 g/mol. The number of ketones is 1. The van der Waals surface area contributed by atoms with Crippen LogP contribution in [0, 0.1) is 13.8 Å². The first-order chi connectivity index (χ1) is 14.3. The minimum absolute atomic E-state index is 0.145. The number of hydrogen-bond acceptors (Lipinski definition) is 1. The molecule has 0 amide bonds. The van der Waals surface area contributed by atoms with Gasteiger partial charge in [-0.25, -0.2) is 0 Å². The first-order valence-corrected chi connectivity index (χ1v) is 12.0. The maximum atomic E-state index is 13.6. The molecule has 0 heterocycles. The molecular weight excluding hydrogens is 364 g/mol. The maximum Gasteiger partial charge on any atom is 0.193 e. The van der Waals surface area contributed by atoms with Crippen LogP contribution >= 0.6 is 0 Å². The van der Waals surface area contributed by atoms with Crippen LogP contribution in [-0.4, -0.2) is 5.78 Å². The van der Waals surface area contributed by atoms with Crippen LogP contribution in [0.1, 0.15) is 118 Å². The van der Waals surface area contributed by atoms with Gasteiger partial charge in [0.1, 0.15) is 0 Å². The Morgan fingerprint density at radius 3 is 1.17 bits per heavy atom. The van der Waals surface area contributed by atoms with Gasteiger partial charge in [0, 0.05) is 11.1 Å². The lowest BCUT2D eigenvalue weighted by atomic mass is 9.71. The molecule has 0 aliphatic rings. The Morgan fingerprint density at radius 1 is 0.600 bits per heavy atom. The molecule has 0 aliphatic carbocycles. The molecule has 2 aromatic rings. The van der Waals surface area contributed by atoms with Crippen LogP contribution in [0.3, 0.4) is 0 Å². The summed E-state index contributed by atoms with van der Waals surface area (Å²) in [4.78, 5) is 13.6. The molecule has 0 atom stereocenters. The molecule has 0 spiro atoms. The van der Waals surface area contributed by atoms with E-state index in [2.05, 4.69) is 79.7 Å². The third-order valence-corrected chi connectivity index (χ3v) is 8.20. The number of carbonyl (C=O) groups excluding carboxylic acids is 1. The van der Waals surface area contributed by atoms with E-state index in [1.54, 1.807) is 0 Å². The van der Waals surface area contributed by atoms with E-state index in [0.29, 0.717) is 0 Å². The van der Waals surface area contributed by atoms with Crippen LogP contribution in [0.25, 0.3) is 0 Å². The summed E-state index contributed by atoms with van der Waals surface area (Å²) in [6.07, 6.45) is 6.58. The molecule has 0 aromatic heterocycles. The van der Waals surface area contributed by atoms with Crippen molar-refractivity contribution in [1.82, 2.24) is 0 Å². The van der Waals surface area contributed by atoms with E-state index in [1.807, 2.05) is 12.1 Å². The molecule has 0 radical (unpaired) electrons. The van der Waals surface area contributed by atoms with E-state index in [-0.39, 0.29) is 16.6 Å². The van der Waals surface area contributed by atoms with E-state index in [4.69, 9.17) is 0 Å². The first kappa shape index (κ1) is 24.4. The summed E-state index contributed by atoms with van der Waals surface area (Å²) in [5.74, 6) is 0.145. The van der Waals surface area contributed by atoms with E-state index in [1.165, 1.54) is 22.3 Å². The van der Waals surface area contributed by atoms with E-state index in [0.717, 1.165) is 49.7 Å². The van der Waals surface area contributed by atoms with Gasteiger partial charge in [0.15, 0.2) is 5.78 Å². The molecule has 0 N–H and O–H groups in total. The molecule has 30 heavy (non-hydrogen) atoms. The van der Waals surface area contributed by atoms with Crippen molar-refractivity contribution >= 4 is 5.78 Å². The molecule has 0 aliphatic heterocycles. The largest absolute Gasteiger partial charge is 0.289 e. The Bertz CT molecular complexity index is 778. The zero-order chi connectivity index (χ0) is 22.5. The summed E-state index contributed by atoms with van der Waals surface area (Å²) >= 11 is 0. The zero-order valence-electron chi connectivity index (χ0n) is 20.6. The highest BCUT2D eigenvalue weighted by Gasteiger charge is 2.30. The average molecular weight is 407 g/mol. The molecule has 0 saturated heterocycles. The van der Waals surface area contributed by atoms with Crippen LogP contribution in [-0.2, 0) is 10.8 Å². The molecule has 1 nitrogen and oxygen atoms in total. The van der Waals surface area contributed by atoms with Crippen LogP contribution in [0.2, 0.25) is 0 Å². The zero-order valence-corrected chi connectivity index (χ0v) is 20.6. The molecule has 164 valence electrons. The summed E-state index contributed by atoms with van der Waals surface area (Å²) in [6, 6.07) is 12.7. The Kier molecular flexibility index (Phi) is 8.08. The smallest absolute Gasteiger partial charge is 0.193 e. The fraction of sp³-hybridized carbons (Fsp3) is 0.552. The molecular formula is C29H42O. The number of hydrogen-bond donors (Lipinski definition) is 0. The normalized spacial score (nSPS) is 12.3. The van der Waals surface area contributed by atoms with Crippen molar-refractivity contribution < 1.29 is 4.79 Å². The van der Waals surface area contributed by atoms with Gasteiger partial charge in [-0.2, -0.15) is 0 Å². The second-order valence-corrected chi connectivity index (χ2v) is 9.07. The number of rotatable bonds is 10. The predicted molar refractivity (Wildman–Crippen MR) is 131 cm³/mol. The highest BCUT2D eigenvalue weighted by atomic mass is 16.1. The van der Waals surface area contributed by atoms with Gasteiger partial charge in [-0.05, 0) is 97.6 Å². The Hall–Kier alpha value is -1.89. The summed E-state index contributed by atoms with van der Waals surface area (Å²) in [5.41, 5.74) is 7.23. The standard InChI is InChI=1S/C29H42O/c1-9-28(10-2,11-3)25-19-23(17-15-21(25)7)27(30)24-18-16-22(8)26(20-24)29(12-4,13-5)14-6/h15-20H,9-14H2,1-8H3. The molecule has 2 rings (SSSR count). The average Bonchev–Trinajstić information content (AvgIpc) is 2.78. The fourth-order valence-corrected chi connectivity index (χ4v) is 5.48. The van der Waals surface area contributed by atoms with Gasteiger partial charge in [0.05, 0.1) is 0 Å². The summed E-state index contributed by atoms with van der Waals surface area (Å²) < 4.78 is 0. The summed E-state index contributed by atoms with van der Waals surface area (Å²) in [6.45, 7) is 18.0. The molecule has 0 fully saturated rings. The minimum atomic E-state index is 0.145. The van der Waals surface area contributed by atoms with E-state index < -0.39 is 0 Å². The maximum absolute atomic E-state index is 13.6. The molecule has 0 bridgehead atoms. The number of carbonyl (C=O) groups is 1. The van der Waals surface area contributed by atoms with E-state index in [9.17, 15) is 4.79 Å². The van der Waals surface area contributed by atoms with Crippen LogP contribution < -0.4 is 0 Å². The van der Waals surface area contributed by atoms with Crippen LogP contribution in [0.15, 0.2) is 36.4 Å². The highest BCUT2D eigenvalue weighted by Crippen LogP contribution is 2.39. The third-order valence-electron chi connectivity index (χ3n) is 8.20. The van der Waals surface area contributed by atoms with Gasteiger partial charge in [-0.3, -0.25) is 4.79 Å². The van der Waals surface area contributed by atoms with Gasteiger partial charge < -0.3 is 0 Å². The fourth-order valence-electron chi connectivity index (χ4n) is 5.48. The molecule has 2 aromatic carbocycles. The minimum Gasteiger partial charge on any atom is -0.289 e. The van der Waals surface area contributed by atoms with Crippen molar-refractivity contribution in [3.63, 3.8) is 0 Å². The summed E-state index contributed by atoms with van der Waals surface area (Å²) in [5, 5.41) is 0. The molecule has 1 heteroatoms. The Balaban J connectivity index is 2.57. The van der Waals surface area contributed by atoms with Crippen LogP contribution in [0.5, 0.6) is 0 Å². The lowest BCUT2D eigenvalue weighted by molar-refractivity contribution is 0.103. The molecule has 0 unspecified atom stereocenters. The summed E-state index contributed by atoms with van der Waals surface area (Å²) in [7, 11) is 0. The highest BCUT2D eigenvalue weighted by molar-refractivity contribution is 6.09. The second kappa shape index (κ2) is 9.94.